The van der Waals surface area contributed by atoms with E-state index < -0.39 is 12.1 Å². The molecule has 3 amide bonds. The average molecular weight is 466 g/mol. The molecule has 3 atom stereocenters. The van der Waals surface area contributed by atoms with Crippen LogP contribution in [0, 0.1) is 23.2 Å². The Hall–Kier alpha value is -3.54. The van der Waals surface area contributed by atoms with Gasteiger partial charge in [0.1, 0.15) is 23.5 Å². The molecule has 2 aliphatic rings. The van der Waals surface area contributed by atoms with Gasteiger partial charge in [-0.25, -0.2) is 0 Å². The number of piperidine rings is 1. The van der Waals surface area contributed by atoms with Gasteiger partial charge in [-0.05, 0) is 49.8 Å². The van der Waals surface area contributed by atoms with E-state index in [0.717, 1.165) is 30.2 Å². The Morgan fingerprint density at radius 1 is 1.29 bits per heavy atom. The molecule has 1 aromatic heterocycles. The van der Waals surface area contributed by atoms with E-state index in [1.807, 2.05) is 18.2 Å². The molecule has 2 heterocycles. The molecule has 4 rings (SSSR count). The standard InChI is InChI=1S/C25H31N5O4/c1-30(25(33)20-13-18-19(29-20)6-3-7-22(18)34-2)21(11-15-8-9-15)24(32)28-17(14-26)12-16-5-4-10-27-23(16)31/h3,6-7,13,15-17,21,29H,4-5,8-12H2,1-2H3,(H,27,31)(H,28,32)/t16-,17-,21-/m0/s1. The molecule has 34 heavy (non-hydrogen) atoms. The van der Waals surface area contributed by atoms with Crippen molar-refractivity contribution in [3.8, 4) is 11.8 Å². The Labute approximate surface area is 198 Å². The van der Waals surface area contributed by atoms with Gasteiger partial charge >= 0.3 is 0 Å². The fraction of sp³-hybridized carbons (Fsp3) is 0.520. The molecule has 180 valence electrons. The molecule has 2 fully saturated rings. The van der Waals surface area contributed by atoms with E-state index in [0.29, 0.717) is 36.7 Å². The Morgan fingerprint density at radius 2 is 2.09 bits per heavy atom. The molecule has 1 saturated heterocycles. The summed E-state index contributed by atoms with van der Waals surface area (Å²) in [6.45, 7) is 0.648. The van der Waals surface area contributed by atoms with Gasteiger partial charge in [0, 0.05) is 30.4 Å². The number of hydrogen-bond donors (Lipinski definition) is 3. The smallest absolute Gasteiger partial charge is 0.270 e. The highest BCUT2D eigenvalue weighted by molar-refractivity contribution is 6.01. The normalized spacial score (nSPS) is 19.6. The third-order valence-electron chi connectivity index (χ3n) is 6.81. The first-order valence-corrected chi connectivity index (χ1v) is 11.8. The van der Waals surface area contributed by atoms with E-state index in [1.165, 1.54) is 4.90 Å². The molecule has 2 aromatic rings. The Morgan fingerprint density at radius 3 is 2.76 bits per heavy atom. The van der Waals surface area contributed by atoms with Gasteiger partial charge in [0.15, 0.2) is 0 Å². The van der Waals surface area contributed by atoms with Crippen LogP contribution in [0.4, 0.5) is 0 Å². The molecule has 0 bridgehead atoms. The van der Waals surface area contributed by atoms with Crippen LogP contribution in [0.15, 0.2) is 24.3 Å². The molecule has 0 radical (unpaired) electrons. The number of aromatic amines is 1. The second-order valence-corrected chi connectivity index (χ2v) is 9.27. The first-order chi connectivity index (χ1) is 16.4. The molecular formula is C25H31N5O4. The summed E-state index contributed by atoms with van der Waals surface area (Å²) in [5, 5.41) is 16.0. The first kappa shape index (κ1) is 23.6. The van der Waals surface area contributed by atoms with Crippen LogP contribution < -0.4 is 15.4 Å². The quantitative estimate of drug-likeness (QED) is 0.524. The summed E-state index contributed by atoms with van der Waals surface area (Å²) in [5.41, 5.74) is 1.14. The topological polar surface area (TPSA) is 127 Å². The average Bonchev–Trinajstić information content (AvgIpc) is 3.56. The number of ether oxygens (including phenoxy) is 1. The van der Waals surface area contributed by atoms with Crippen LogP contribution in [0.1, 0.15) is 49.0 Å². The van der Waals surface area contributed by atoms with Crippen molar-refractivity contribution in [1.82, 2.24) is 20.5 Å². The molecule has 1 aliphatic heterocycles. The number of nitrogens with zero attached hydrogens (tertiary/aromatic N) is 2. The zero-order valence-electron chi connectivity index (χ0n) is 19.6. The molecular weight excluding hydrogens is 434 g/mol. The van der Waals surface area contributed by atoms with Crippen molar-refractivity contribution in [1.29, 1.82) is 5.26 Å². The molecule has 1 aliphatic carbocycles. The second kappa shape index (κ2) is 10.2. The zero-order valence-corrected chi connectivity index (χ0v) is 19.6. The number of likely N-dealkylation sites (N-methyl/N-ethyl adjacent to an activating group) is 1. The van der Waals surface area contributed by atoms with Crippen LogP contribution in [0.2, 0.25) is 0 Å². The van der Waals surface area contributed by atoms with Gasteiger partial charge in [0.2, 0.25) is 11.8 Å². The number of carbonyl (C=O) groups excluding carboxylic acids is 3. The molecule has 1 saturated carbocycles. The van der Waals surface area contributed by atoms with Gasteiger partial charge < -0.3 is 25.3 Å². The number of carbonyl (C=O) groups is 3. The number of benzene rings is 1. The molecule has 0 spiro atoms. The van der Waals surface area contributed by atoms with Crippen molar-refractivity contribution in [2.75, 3.05) is 20.7 Å². The van der Waals surface area contributed by atoms with Gasteiger partial charge in [-0.3, -0.25) is 14.4 Å². The van der Waals surface area contributed by atoms with Crippen molar-refractivity contribution in [2.45, 2.75) is 50.6 Å². The maximum atomic E-state index is 13.3. The highest BCUT2D eigenvalue weighted by Gasteiger charge is 2.36. The number of rotatable bonds is 9. The van der Waals surface area contributed by atoms with Gasteiger partial charge in [-0.2, -0.15) is 5.26 Å². The summed E-state index contributed by atoms with van der Waals surface area (Å²) in [7, 11) is 3.20. The van der Waals surface area contributed by atoms with E-state index in [1.54, 1.807) is 20.2 Å². The van der Waals surface area contributed by atoms with Crippen molar-refractivity contribution in [3.63, 3.8) is 0 Å². The van der Waals surface area contributed by atoms with Crippen LogP contribution in [0.5, 0.6) is 5.75 Å². The lowest BCUT2D eigenvalue weighted by Gasteiger charge is -2.29. The van der Waals surface area contributed by atoms with Crippen LogP contribution in [-0.4, -0.2) is 60.4 Å². The summed E-state index contributed by atoms with van der Waals surface area (Å²) in [5.74, 6) is 0.0151. The lowest BCUT2D eigenvalue weighted by atomic mass is 9.92. The van der Waals surface area contributed by atoms with Crippen LogP contribution in [0.3, 0.4) is 0 Å². The summed E-state index contributed by atoms with van der Waals surface area (Å²) < 4.78 is 5.39. The Balaban J connectivity index is 1.49. The van der Waals surface area contributed by atoms with Crippen LogP contribution >= 0.6 is 0 Å². The lowest BCUT2D eigenvalue weighted by Crippen LogP contribution is -2.51. The van der Waals surface area contributed by atoms with Crippen molar-refractivity contribution in [2.24, 2.45) is 11.8 Å². The second-order valence-electron chi connectivity index (χ2n) is 9.27. The number of hydrogen-bond acceptors (Lipinski definition) is 5. The van der Waals surface area contributed by atoms with E-state index in [9.17, 15) is 19.6 Å². The number of nitriles is 1. The molecule has 1 aromatic carbocycles. The maximum Gasteiger partial charge on any atom is 0.270 e. The summed E-state index contributed by atoms with van der Waals surface area (Å²) >= 11 is 0. The minimum absolute atomic E-state index is 0.0724. The fourth-order valence-electron chi connectivity index (χ4n) is 4.62. The lowest BCUT2D eigenvalue weighted by molar-refractivity contribution is -0.129. The SMILES string of the molecule is COc1cccc2[nH]c(C(=O)N(C)[C@@H](CC3CC3)C(=O)N[C@H](C#N)C[C@@H]3CCCNC3=O)cc12. The third-order valence-corrected chi connectivity index (χ3v) is 6.81. The highest BCUT2D eigenvalue weighted by atomic mass is 16.5. The monoisotopic (exact) mass is 465 g/mol. The number of nitrogens with one attached hydrogen (secondary N) is 3. The molecule has 3 N–H and O–H groups in total. The minimum Gasteiger partial charge on any atom is -0.496 e. The van der Waals surface area contributed by atoms with Gasteiger partial charge in [-0.1, -0.05) is 18.9 Å². The van der Waals surface area contributed by atoms with Gasteiger partial charge in [0.05, 0.1) is 13.2 Å². The molecule has 9 heteroatoms. The largest absolute Gasteiger partial charge is 0.496 e. The summed E-state index contributed by atoms with van der Waals surface area (Å²) in [4.78, 5) is 43.3. The predicted octanol–water partition coefficient (Wildman–Crippen LogP) is 2.34. The van der Waals surface area contributed by atoms with Crippen LogP contribution in [-0.2, 0) is 9.59 Å². The Kier molecular flexibility index (Phi) is 7.06. The number of aromatic nitrogens is 1. The van der Waals surface area contributed by atoms with Crippen LogP contribution in [0.25, 0.3) is 10.9 Å². The third kappa shape index (κ3) is 5.16. The van der Waals surface area contributed by atoms with Crippen molar-refractivity contribution in [3.05, 3.63) is 30.0 Å². The summed E-state index contributed by atoms with van der Waals surface area (Å²) in [6, 6.07) is 7.89. The maximum absolute atomic E-state index is 13.3. The van der Waals surface area contributed by atoms with Gasteiger partial charge in [0.25, 0.3) is 5.91 Å². The van der Waals surface area contributed by atoms with E-state index in [4.69, 9.17) is 4.74 Å². The van der Waals surface area contributed by atoms with Crippen molar-refractivity contribution >= 4 is 28.6 Å². The molecule has 0 unspecified atom stereocenters. The Bertz CT molecular complexity index is 1120. The first-order valence-electron chi connectivity index (χ1n) is 11.8. The fourth-order valence-corrected chi connectivity index (χ4v) is 4.62. The highest BCUT2D eigenvalue weighted by Crippen LogP contribution is 2.35. The summed E-state index contributed by atoms with van der Waals surface area (Å²) in [6.07, 6.45) is 4.43. The van der Waals surface area contributed by atoms with E-state index in [2.05, 4.69) is 21.7 Å². The van der Waals surface area contributed by atoms with Crippen molar-refractivity contribution < 1.29 is 19.1 Å². The number of methoxy groups -OCH3 is 1. The number of amides is 3. The zero-order chi connectivity index (χ0) is 24.2. The number of fused-ring (bicyclic) bond motifs is 1. The van der Waals surface area contributed by atoms with E-state index >= 15 is 0 Å². The van der Waals surface area contributed by atoms with Gasteiger partial charge in [-0.15, -0.1) is 0 Å². The number of H-pyrrole nitrogens is 1. The predicted molar refractivity (Wildman–Crippen MR) is 126 cm³/mol. The molecule has 9 nitrogen and oxygen atoms in total. The minimum atomic E-state index is -0.788. The van der Waals surface area contributed by atoms with E-state index in [-0.39, 0.29) is 30.1 Å².